The Kier molecular flexibility index (Phi) is 6.48. The molecule has 118 valence electrons. The first-order valence-electron chi connectivity index (χ1n) is 7.49. The van der Waals surface area contributed by atoms with Gasteiger partial charge < -0.3 is 19.9 Å². The number of hydrogen-bond donors (Lipinski definition) is 2. The zero-order valence-electron chi connectivity index (χ0n) is 12.6. The summed E-state index contributed by atoms with van der Waals surface area (Å²) in [6, 6.07) is 6.60. The first-order chi connectivity index (χ1) is 10.0. The van der Waals surface area contributed by atoms with Crippen LogP contribution in [0.2, 0.25) is 0 Å². The summed E-state index contributed by atoms with van der Waals surface area (Å²) in [5.41, 5.74) is 1.10. The highest BCUT2D eigenvalue weighted by molar-refractivity contribution is 9.10. The number of halogens is 1. The molecule has 5 heteroatoms. The number of hydrogen-bond acceptors (Lipinski definition) is 4. The van der Waals surface area contributed by atoms with E-state index < -0.39 is 6.10 Å². The molecule has 1 saturated carbocycles. The molecule has 1 aromatic carbocycles. The molecule has 0 aromatic heterocycles. The minimum atomic E-state index is -0.611. The van der Waals surface area contributed by atoms with Crippen LogP contribution in [0.5, 0.6) is 5.75 Å². The van der Waals surface area contributed by atoms with Crippen molar-refractivity contribution in [2.45, 2.75) is 51.5 Å². The van der Waals surface area contributed by atoms with Crippen LogP contribution in [0.25, 0.3) is 0 Å². The fourth-order valence-corrected chi connectivity index (χ4v) is 2.31. The fourth-order valence-electron chi connectivity index (χ4n) is 1.91. The summed E-state index contributed by atoms with van der Waals surface area (Å²) in [4.78, 5) is 0. The van der Waals surface area contributed by atoms with E-state index in [4.69, 9.17) is 9.47 Å². The lowest BCUT2D eigenvalue weighted by molar-refractivity contribution is -0.0124. The van der Waals surface area contributed by atoms with Gasteiger partial charge in [-0.25, -0.2) is 0 Å². The highest BCUT2D eigenvalue weighted by Gasteiger charge is 2.20. The standard InChI is InChI=1S/C16H24BrNO3/c1-11(2)20-9-15(19)10-21-16-6-3-13(17)7-12(16)8-18-14-4-5-14/h3,6-7,11,14-15,18-19H,4-5,8-10H2,1-2H3. The third kappa shape index (κ3) is 6.34. The lowest BCUT2D eigenvalue weighted by Gasteiger charge is -2.17. The molecule has 0 heterocycles. The smallest absolute Gasteiger partial charge is 0.124 e. The number of aliphatic hydroxyl groups is 1. The van der Waals surface area contributed by atoms with Crippen LogP contribution in [0.3, 0.4) is 0 Å². The van der Waals surface area contributed by atoms with Crippen molar-refractivity contribution in [2.24, 2.45) is 0 Å². The van der Waals surface area contributed by atoms with E-state index in [1.165, 1.54) is 12.8 Å². The van der Waals surface area contributed by atoms with Crippen molar-refractivity contribution in [1.82, 2.24) is 5.32 Å². The highest BCUT2D eigenvalue weighted by atomic mass is 79.9. The normalized spacial score (nSPS) is 16.2. The Bertz CT molecular complexity index is 449. The summed E-state index contributed by atoms with van der Waals surface area (Å²) >= 11 is 3.49. The molecule has 2 rings (SSSR count). The van der Waals surface area contributed by atoms with E-state index in [1.54, 1.807) is 0 Å². The molecule has 0 amide bonds. The van der Waals surface area contributed by atoms with Crippen LogP contribution < -0.4 is 10.1 Å². The highest BCUT2D eigenvalue weighted by Crippen LogP contribution is 2.25. The summed E-state index contributed by atoms with van der Waals surface area (Å²) in [5, 5.41) is 13.3. The first kappa shape index (κ1) is 16.7. The summed E-state index contributed by atoms with van der Waals surface area (Å²) in [6.45, 7) is 5.22. The fraction of sp³-hybridized carbons (Fsp3) is 0.625. The molecule has 0 spiro atoms. The van der Waals surface area contributed by atoms with Gasteiger partial charge in [0, 0.05) is 22.6 Å². The van der Waals surface area contributed by atoms with Gasteiger partial charge in [0.2, 0.25) is 0 Å². The Morgan fingerprint density at radius 1 is 1.33 bits per heavy atom. The van der Waals surface area contributed by atoms with Crippen LogP contribution in [0.15, 0.2) is 22.7 Å². The molecule has 1 atom stereocenters. The Hall–Kier alpha value is -0.620. The minimum absolute atomic E-state index is 0.116. The molecule has 1 aliphatic carbocycles. The maximum atomic E-state index is 9.86. The molecule has 1 aromatic rings. The molecule has 0 radical (unpaired) electrons. The average Bonchev–Trinajstić information content (AvgIpc) is 3.26. The van der Waals surface area contributed by atoms with Gasteiger partial charge in [-0.05, 0) is 44.9 Å². The lowest BCUT2D eigenvalue weighted by atomic mass is 10.2. The van der Waals surface area contributed by atoms with Crippen LogP contribution in [0, 0.1) is 0 Å². The number of rotatable bonds is 9. The summed E-state index contributed by atoms with van der Waals surface area (Å²) in [7, 11) is 0. The van der Waals surface area contributed by atoms with Gasteiger partial charge in [-0.1, -0.05) is 15.9 Å². The summed E-state index contributed by atoms with van der Waals surface area (Å²) in [5.74, 6) is 0.815. The van der Waals surface area contributed by atoms with Crippen molar-refractivity contribution in [1.29, 1.82) is 0 Å². The summed E-state index contributed by atoms with van der Waals surface area (Å²) < 4.78 is 12.2. The number of aliphatic hydroxyl groups excluding tert-OH is 1. The number of nitrogens with one attached hydrogen (secondary N) is 1. The zero-order valence-corrected chi connectivity index (χ0v) is 14.2. The van der Waals surface area contributed by atoms with E-state index in [9.17, 15) is 5.11 Å². The van der Waals surface area contributed by atoms with Gasteiger partial charge in [0.25, 0.3) is 0 Å². The molecular formula is C16H24BrNO3. The molecule has 21 heavy (non-hydrogen) atoms. The monoisotopic (exact) mass is 357 g/mol. The van der Waals surface area contributed by atoms with Crippen LogP contribution in [-0.2, 0) is 11.3 Å². The van der Waals surface area contributed by atoms with Crippen molar-refractivity contribution < 1.29 is 14.6 Å². The second kappa shape index (κ2) is 8.13. The van der Waals surface area contributed by atoms with E-state index in [1.807, 2.05) is 26.0 Å². The van der Waals surface area contributed by atoms with Crippen molar-refractivity contribution in [2.75, 3.05) is 13.2 Å². The lowest BCUT2D eigenvalue weighted by Crippen LogP contribution is -2.25. The number of ether oxygens (including phenoxy) is 2. The van der Waals surface area contributed by atoms with E-state index >= 15 is 0 Å². The Balaban J connectivity index is 1.85. The zero-order chi connectivity index (χ0) is 15.2. The molecule has 1 unspecified atom stereocenters. The quantitative estimate of drug-likeness (QED) is 0.713. The van der Waals surface area contributed by atoms with E-state index in [2.05, 4.69) is 27.3 Å². The molecule has 1 fully saturated rings. The number of benzene rings is 1. The molecule has 0 aliphatic heterocycles. The van der Waals surface area contributed by atoms with E-state index in [0.29, 0.717) is 12.6 Å². The Labute approximate surface area is 135 Å². The van der Waals surface area contributed by atoms with Crippen LogP contribution >= 0.6 is 15.9 Å². The van der Waals surface area contributed by atoms with Gasteiger partial charge in [0.05, 0.1) is 12.7 Å². The van der Waals surface area contributed by atoms with Crippen molar-refractivity contribution >= 4 is 15.9 Å². The predicted molar refractivity (Wildman–Crippen MR) is 86.6 cm³/mol. The molecule has 2 N–H and O–H groups in total. The van der Waals surface area contributed by atoms with Crippen molar-refractivity contribution in [3.05, 3.63) is 28.2 Å². The van der Waals surface area contributed by atoms with Gasteiger partial charge in [-0.2, -0.15) is 0 Å². The van der Waals surface area contributed by atoms with Gasteiger partial charge in [0.1, 0.15) is 18.5 Å². The second-order valence-electron chi connectivity index (χ2n) is 5.75. The minimum Gasteiger partial charge on any atom is -0.490 e. The topological polar surface area (TPSA) is 50.7 Å². The SMILES string of the molecule is CC(C)OCC(O)COc1ccc(Br)cc1CNC1CC1. The third-order valence-electron chi connectivity index (χ3n) is 3.23. The van der Waals surface area contributed by atoms with Gasteiger partial charge in [0.15, 0.2) is 0 Å². The van der Waals surface area contributed by atoms with Crippen molar-refractivity contribution in [3.63, 3.8) is 0 Å². The maximum absolute atomic E-state index is 9.86. The molecule has 0 bridgehead atoms. The molecule has 0 saturated heterocycles. The maximum Gasteiger partial charge on any atom is 0.124 e. The largest absolute Gasteiger partial charge is 0.490 e. The first-order valence-corrected chi connectivity index (χ1v) is 8.28. The van der Waals surface area contributed by atoms with Crippen LogP contribution in [0.4, 0.5) is 0 Å². The van der Waals surface area contributed by atoms with Crippen LogP contribution in [0.1, 0.15) is 32.3 Å². The van der Waals surface area contributed by atoms with Gasteiger partial charge >= 0.3 is 0 Å². The Morgan fingerprint density at radius 2 is 2.10 bits per heavy atom. The van der Waals surface area contributed by atoms with Crippen LogP contribution in [-0.4, -0.2) is 36.6 Å². The van der Waals surface area contributed by atoms with Gasteiger partial charge in [-0.15, -0.1) is 0 Å². The summed E-state index contributed by atoms with van der Waals surface area (Å²) in [6.07, 6.45) is 2.02. The second-order valence-corrected chi connectivity index (χ2v) is 6.67. The van der Waals surface area contributed by atoms with E-state index in [0.717, 1.165) is 22.3 Å². The van der Waals surface area contributed by atoms with Crippen molar-refractivity contribution in [3.8, 4) is 5.75 Å². The average molecular weight is 358 g/mol. The van der Waals surface area contributed by atoms with E-state index in [-0.39, 0.29) is 12.7 Å². The molecular weight excluding hydrogens is 334 g/mol. The third-order valence-corrected chi connectivity index (χ3v) is 3.73. The Morgan fingerprint density at radius 3 is 2.76 bits per heavy atom. The predicted octanol–water partition coefficient (Wildman–Crippen LogP) is 2.87. The molecule has 1 aliphatic rings. The molecule has 4 nitrogen and oxygen atoms in total. The van der Waals surface area contributed by atoms with Gasteiger partial charge in [-0.3, -0.25) is 0 Å².